The highest BCUT2D eigenvalue weighted by molar-refractivity contribution is 9.10. The van der Waals surface area contributed by atoms with E-state index in [0.29, 0.717) is 29.0 Å². The largest absolute Gasteiger partial charge is 0.437 e. The zero-order chi connectivity index (χ0) is 16.2. The Bertz CT molecular complexity index is 740. The SMILES string of the molecule is Cc1ccc(Oc2ncnc(Nc3ccc(Br)cn3)c2N)cc1. The van der Waals surface area contributed by atoms with Crippen molar-refractivity contribution in [2.24, 2.45) is 0 Å². The molecule has 7 heteroatoms. The van der Waals surface area contributed by atoms with Crippen LogP contribution in [0.25, 0.3) is 0 Å². The van der Waals surface area contributed by atoms with Crippen molar-refractivity contribution in [3.8, 4) is 11.6 Å². The highest BCUT2D eigenvalue weighted by atomic mass is 79.9. The van der Waals surface area contributed by atoms with Crippen LogP contribution in [0.4, 0.5) is 17.3 Å². The highest BCUT2D eigenvalue weighted by Crippen LogP contribution is 2.30. The van der Waals surface area contributed by atoms with Crippen LogP contribution in [-0.4, -0.2) is 15.0 Å². The van der Waals surface area contributed by atoms with Gasteiger partial charge in [-0.25, -0.2) is 9.97 Å². The van der Waals surface area contributed by atoms with E-state index in [4.69, 9.17) is 10.5 Å². The number of nitrogens with two attached hydrogens (primary N) is 1. The first-order valence-electron chi connectivity index (χ1n) is 6.85. The van der Waals surface area contributed by atoms with Crippen molar-refractivity contribution in [2.75, 3.05) is 11.1 Å². The van der Waals surface area contributed by atoms with Gasteiger partial charge in [0.25, 0.3) is 0 Å². The molecule has 2 heterocycles. The molecule has 0 aliphatic carbocycles. The van der Waals surface area contributed by atoms with Crippen molar-refractivity contribution in [1.82, 2.24) is 15.0 Å². The average molecular weight is 372 g/mol. The van der Waals surface area contributed by atoms with Gasteiger partial charge < -0.3 is 15.8 Å². The monoisotopic (exact) mass is 371 g/mol. The second kappa shape index (κ2) is 6.62. The number of nitrogens with one attached hydrogen (secondary N) is 1. The Kier molecular flexibility index (Phi) is 4.38. The Morgan fingerprint density at radius 1 is 1.04 bits per heavy atom. The fourth-order valence-electron chi connectivity index (χ4n) is 1.85. The minimum atomic E-state index is 0.295. The van der Waals surface area contributed by atoms with Crippen molar-refractivity contribution in [1.29, 1.82) is 0 Å². The number of rotatable bonds is 4. The first-order chi connectivity index (χ1) is 11.1. The van der Waals surface area contributed by atoms with Gasteiger partial charge in [-0.2, -0.15) is 4.98 Å². The van der Waals surface area contributed by atoms with Gasteiger partial charge in [-0.3, -0.25) is 0 Å². The van der Waals surface area contributed by atoms with Crippen molar-refractivity contribution < 1.29 is 4.74 Å². The van der Waals surface area contributed by atoms with Gasteiger partial charge in [0.2, 0.25) is 5.88 Å². The van der Waals surface area contributed by atoms with Gasteiger partial charge >= 0.3 is 0 Å². The number of aromatic nitrogens is 3. The van der Waals surface area contributed by atoms with E-state index in [1.54, 1.807) is 6.20 Å². The van der Waals surface area contributed by atoms with E-state index >= 15 is 0 Å². The molecule has 23 heavy (non-hydrogen) atoms. The summed E-state index contributed by atoms with van der Waals surface area (Å²) in [5.41, 5.74) is 7.56. The number of nitrogen functional groups attached to an aromatic ring is 1. The molecule has 2 aromatic heterocycles. The van der Waals surface area contributed by atoms with Crippen LogP contribution in [0.1, 0.15) is 5.56 Å². The minimum absolute atomic E-state index is 0.295. The average Bonchev–Trinajstić information content (AvgIpc) is 2.55. The topological polar surface area (TPSA) is 86.0 Å². The maximum absolute atomic E-state index is 6.09. The predicted molar refractivity (Wildman–Crippen MR) is 92.9 cm³/mol. The number of aryl methyl sites for hydroxylation is 1. The van der Waals surface area contributed by atoms with E-state index < -0.39 is 0 Å². The van der Waals surface area contributed by atoms with E-state index in [0.717, 1.165) is 10.0 Å². The molecule has 0 saturated heterocycles. The standard InChI is InChI=1S/C16H14BrN5O/c1-10-2-5-12(6-3-10)23-16-14(18)15(20-9-21-16)22-13-7-4-11(17)8-19-13/h2-9H,18H2,1H3,(H,19,20,21,22). The van der Waals surface area contributed by atoms with Crippen LogP contribution >= 0.6 is 15.9 Å². The molecule has 0 aliphatic rings. The van der Waals surface area contributed by atoms with Crippen LogP contribution in [0.3, 0.4) is 0 Å². The fourth-order valence-corrected chi connectivity index (χ4v) is 2.08. The lowest BCUT2D eigenvalue weighted by Crippen LogP contribution is -2.03. The second-order valence-electron chi connectivity index (χ2n) is 4.84. The quantitative estimate of drug-likeness (QED) is 0.718. The molecule has 3 rings (SSSR count). The summed E-state index contributed by atoms with van der Waals surface area (Å²) in [5, 5.41) is 3.05. The van der Waals surface area contributed by atoms with E-state index in [1.807, 2.05) is 43.3 Å². The maximum atomic E-state index is 6.09. The molecule has 0 spiro atoms. The van der Waals surface area contributed by atoms with Crippen LogP contribution in [0, 0.1) is 6.92 Å². The van der Waals surface area contributed by atoms with Crippen molar-refractivity contribution in [3.63, 3.8) is 0 Å². The van der Waals surface area contributed by atoms with Gasteiger partial charge in [0, 0.05) is 10.7 Å². The number of halogens is 1. The maximum Gasteiger partial charge on any atom is 0.248 e. The lowest BCUT2D eigenvalue weighted by atomic mass is 10.2. The fraction of sp³-hybridized carbons (Fsp3) is 0.0625. The molecule has 6 nitrogen and oxygen atoms in total. The number of nitrogens with zero attached hydrogens (tertiary/aromatic N) is 3. The number of benzene rings is 1. The summed E-state index contributed by atoms with van der Waals surface area (Å²) in [4.78, 5) is 12.4. The number of pyridine rings is 1. The molecule has 0 bridgehead atoms. The van der Waals surface area contributed by atoms with Crippen molar-refractivity contribution in [2.45, 2.75) is 6.92 Å². The Labute approximate surface area is 141 Å². The summed E-state index contributed by atoms with van der Waals surface area (Å²) in [6, 6.07) is 11.3. The molecule has 0 atom stereocenters. The van der Waals surface area contributed by atoms with Gasteiger partial charge in [0.05, 0.1) is 0 Å². The molecular formula is C16H14BrN5O. The van der Waals surface area contributed by atoms with Crippen molar-refractivity contribution >= 4 is 33.3 Å². The summed E-state index contributed by atoms with van der Waals surface area (Å²) >= 11 is 3.34. The normalized spacial score (nSPS) is 10.3. The summed E-state index contributed by atoms with van der Waals surface area (Å²) < 4.78 is 6.61. The molecule has 116 valence electrons. The number of hydrogen-bond donors (Lipinski definition) is 2. The molecule has 0 fully saturated rings. The van der Waals surface area contributed by atoms with E-state index in [9.17, 15) is 0 Å². The van der Waals surface area contributed by atoms with Crippen LogP contribution in [0.5, 0.6) is 11.6 Å². The van der Waals surface area contributed by atoms with Crippen LogP contribution in [0.15, 0.2) is 53.4 Å². The van der Waals surface area contributed by atoms with E-state index in [-0.39, 0.29) is 0 Å². The number of anilines is 3. The van der Waals surface area contributed by atoms with Gasteiger partial charge in [-0.05, 0) is 47.1 Å². The zero-order valence-corrected chi connectivity index (χ0v) is 13.9. The summed E-state index contributed by atoms with van der Waals surface area (Å²) in [7, 11) is 0. The second-order valence-corrected chi connectivity index (χ2v) is 5.76. The zero-order valence-electron chi connectivity index (χ0n) is 12.3. The third-order valence-corrected chi connectivity index (χ3v) is 3.53. The summed E-state index contributed by atoms with van der Waals surface area (Å²) in [6.45, 7) is 2.01. The third-order valence-electron chi connectivity index (χ3n) is 3.06. The Morgan fingerprint density at radius 2 is 1.83 bits per heavy atom. The molecular weight excluding hydrogens is 358 g/mol. The molecule has 0 radical (unpaired) electrons. The van der Waals surface area contributed by atoms with Gasteiger partial charge in [-0.1, -0.05) is 17.7 Å². The van der Waals surface area contributed by atoms with Gasteiger partial charge in [-0.15, -0.1) is 0 Å². The first-order valence-corrected chi connectivity index (χ1v) is 7.65. The van der Waals surface area contributed by atoms with Gasteiger partial charge in [0.1, 0.15) is 23.6 Å². The molecule has 0 amide bonds. The molecule has 0 aliphatic heterocycles. The Balaban J connectivity index is 1.83. The third kappa shape index (κ3) is 3.75. The van der Waals surface area contributed by atoms with Gasteiger partial charge in [0.15, 0.2) is 5.82 Å². The molecule has 0 saturated carbocycles. The van der Waals surface area contributed by atoms with Crippen LogP contribution in [0.2, 0.25) is 0 Å². The molecule has 1 aromatic carbocycles. The number of hydrogen-bond acceptors (Lipinski definition) is 6. The first kappa shape index (κ1) is 15.2. The Hall–Kier alpha value is -2.67. The summed E-state index contributed by atoms with van der Waals surface area (Å²) in [6.07, 6.45) is 3.07. The highest BCUT2D eigenvalue weighted by Gasteiger charge is 2.11. The smallest absolute Gasteiger partial charge is 0.248 e. The van der Waals surface area contributed by atoms with E-state index in [1.165, 1.54) is 6.33 Å². The molecule has 3 N–H and O–H groups in total. The number of ether oxygens (including phenoxy) is 1. The summed E-state index contributed by atoms with van der Waals surface area (Å²) in [5.74, 6) is 2.02. The van der Waals surface area contributed by atoms with Crippen LogP contribution < -0.4 is 15.8 Å². The van der Waals surface area contributed by atoms with E-state index in [2.05, 4.69) is 36.2 Å². The molecule has 0 unspecified atom stereocenters. The Morgan fingerprint density at radius 3 is 2.52 bits per heavy atom. The minimum Gasteiger partial charge on any atom is -0.437 e. The predicted octanol–water partition coefficient (Wildman–Crippen LogP) is 4.06. The molecule has 3 aromatic rings. The lowest BCUT2D eigenvalue weighted by molar-refractivity contribution is 0.464. The van der Waals surface area contributed by atoms with Crippen molar-refractivity contribution in [3.05, 3.63) is 59.0 Å². The van der Waals surface area contributed by atoms with Crippen LogP contribution in [-0.2, 0) is 0 Å². The lowest BCUT2D eigenvalue weighted by Gasteiger charge is -2.11.